The minimum atomic E-state index is 0.798. The highest BCUT2D eigenvalue weighted by molar-refractivity contribution is 5.00. The summed E-state index contributed by atoms with van der Waals surface area (Å²) in [6.07, 6.45) is 5.80. The molecule has 2 bridgehead atoms. The summed E-state index contributed by atoms with van der Waals surface area (Å²) in [7, 11) is 0. The van der Waals surface area contributed by atoms with Crippen molar-refractivity contribution in [1.29, 1.82) is 0 Å². The van der Waals surface area contributed by atoms with Crippen molar-refractivity contribution in [3.8, 4) is 0 Å². The van der Waals surface area contributed by atoms with Gasteiger partial charge in [0.05, 0.1) is 0 Å². The molecule has 5 aliphatic rings. The molecule has 0 aromatic carbocycles. The van der Waals surface area contributed by atoms with E-state index in [1.807, 2.05) is 0 Å². The van der Waals surface area contributed by atoms with Crippen LogP contribution < -0.4 is 0 Å². The first-order valence-electron chi connectivity index (χ1n) is 8.94. The lowest BCUT2D eigenvalue weighted by atomic mass is 9.81. The zero-order valence-electron chi connectivity index (χ0n) is 13.3. The van der Waals surface area contributed by atoms with Crippen LogP contribution in [0.3, 0.4) is 0 Å². The monoisotopic (exact) mass is 277 g/mol. The van der Waals surface area contributed by atoms with Crippen molar-refractivity contribution in [2.24, 2.45) is 11.8 Å². The normalized spacial score (nSPS) is 46.0. The maximum absolute atomic E-state index is 2.97. The van der Waals surface area contributed by atoms with Crippen LogP contribution in [0, 0.1) is 11.8 Å². The lowest BCUT2D eigenvalue weighted by Crippen LogP contribution is -2.66. The van der Waals surface area contributed by atoms with Crippen molar-refractivity contribution in [2.45, 2.75) is 57.7 Å². The molecule has 3 heteroatoms. The molecule has 114 valence electrons. The average molecular weight is 277 g/mol. The molecule has 3 atom stereocenters. The molecule has 0 spiro atoms. The van der Waals surface area contributed by atoms with Gasteiger partial charge in [0.2, 0.25) is 0 Å². The molecule has 5 aliphatic heterocycles. The first-order chi connectivity index (χ1) is 9.72. The molecule has 0 aromatic rings. The van der Waals surface area contributed by atoms with Gasteiger partial charge < -0.3 is 4.90 Å². The van der Waals surface area contributed by atoms with E-state index in [4.69, 9.17) is 0 Å². The maximum atomic E-state index is 2.97. The van der Waals surface area contributed by atoms with Crippen LogP contribution in [0.25, 0.3) is 0 Å². The van der Waals surface area contributed by atoms with Crippen LogP contribution >= 0.6 is 0 Å². The van der Waals surface area contributed by atoms with Crippen LogP contribution in [-0.2, 0) is 0 Å². The van der Waals surface area contributed by atoms with E-state index in [0.29, 0.717) is 0 Å². The van der Waals surface area contributed by atoms with Crippen LogP contribution in [0.15, 0.2) is 0 Å². The van der Waals surface area contributed by atoms with Gasteiger partial charge in [-0.15, -0.1) is 0 Å². The van der Waals surface area contributed by atoms with E-state index >= 15 is 0 Å². The second-order valence-electron chi connectivity index (χ2n) is 8.00. The van der Waals surface area contributed by atoms with Gasteiger partial charge in [-0.3, -0.25) is 9.80 Å². The zero-order chi connectivity index (χ0) is 13.7. The molecule has 20 heavy (non-hydrogen) atoms. The third kappa shape index (κ3) is 2.22. The van der Waals surface area contributed by atoms with Gasteiger partial charge >= 0.3 is 0 Å². The summed E-state index contributed by atoms with van der Waals surface area (Å²) in [5.74, 6) is 1.79. The van der Waals surface area contributed by atoms with Crippen LogP contribution in [0.5, 0.6) is 0 Å². The van der Waals surface area contributed by atoms with Crippen LogP contribution in [0.2, 0.25) is 0 Å². The Kier molecular flexibility index (Phi) is 3.56. The Morgan fingerprint density at radius 3 is 2.35 bits per heavy atom. The first-order valence-corrected chi connectivity index (χ1v) is 8.94. The summed E-state index contributed by atoms with van der Waals surface area (Å²) in [6, 6.07) is 2.54. The number of nitrogens with zero attached hydrogens (tertiary/aromatic N) is 3. The van der Waals surface area contributed by atoms with Crippen LogP contribution in [0.4, 0.5) is 0 Å². The highest BCUT2D eigenvalue weighted by atomic mass is 15.4. The van der Waals surface area contributed by atoms with Gasteiger partial charge in [0.15, 0.2) is 0 Å². The molecule has 0 N–H and O–H groups in total. The molecule has 3 unspecified atom stereocenters. The SMILES string of the molecule is CC(C)C1CN2CCCC2CN1C1CN2CCC1CC2. The minimum absolute atomic E-state index is 0.798. The standard InChI is InChI=1S/C17H31N3/c1-13(2)16-12-19-7-3-4-15(19)10-20(16)17-11-18-8-5-14(17)6-9-18/h13-17H,3-12H2,1-2H3. The van der Waals surface area contributed by atoms with Gasteiger partial charge in [0.1, 0.15) is 0 Å². The summed E-state index contributed by atoms with van der Waals surface area (Å²) in [5, 5.41) is 0. The van der Waals surface area contributed by atoms with Crippen molar-refractivity contribution in [1.82, 2.24) is 14.7 Å². The van der Waals surface area contributed by atoms with Gasteiger partial charge in [0, 0.05) is 37.8 Å². The van der Waals surface area contributed by atoms with Crippen molar-refractivity contribution in [2.75, 3.05) is 39.3 Å². The Hall–Kier alpha value is -0.120. The number of hydrogen-bond donors (Lipinski definition) is 0. The topological polar surface area (TPSA) is 9.72 Å². The smallest absolute Gasteiger partial charge is 0.0256 e. The zero-order valence-corrected chi connectivity index (χ0v) is 13.3. The quantitative estimate of drug-likeness (QED) is 0.763. The average Bonchev–Trinajstić information content (AvgIpc) is 2.94. The number of fused-ring (bicyclic) bond motifs is 4. The van der Waals surface area contributed by atoms with Gasteiger partial charge in [-0.2, -0.15) is 0 Å². The van der Waals surface area contributed by atoms with E-state index in [1.54, 1.807) is 0 Å². The lowest BCUT2D eigenvalue weighted by molar-refractivity contribution is -0.0636. The number of piperidine rings is 3. The van der Waals surface area contributed by atoms with Crippen molar-refractivity contribution in [3.05, 3.63) is 0 Å². The predicted octanol–water partition coefficient (Wildman–Crippen LogP) is 1.89. The molecule has 0 saturated carbocycles. The van der Waals surface area contributed by atoms with E-state index in [9.17, 15) is 0 Å². The number of hydrogen-bond acceptors (Lipinski definition) is 3. The Bertz CT molecular complexity index is 348. The first kappa shape index (κ1) is 13.5. The summed E-state index contributed by atoms with van der Waals surface area (Å²) in [4.78, 5) is 8.48. The third-order valence-electron chi connectivity index (χ3n) is 6.59. The summed E-state index contributed by atoms with van der Waals surface area (Å²) in [5.41, 5.74) is 0. The fourth-order valence-corrected chi connectivity index (χ4v) is 5.35. The Morgan fingerprint density at radius 2 is 1.70 bits per heavy atom. The highest BCUT2D eigenvalue weighted by Crippen LogP contribution is 2.36. The van der Waals surface area contributed by atoms with Crippen molar-refractivity contribution < 1.29 is 0 Å². The predicted molar refractivity (Wildman–Crippen MR) is 82.9 cm³/mol. The molecule has 5 fully saturated rings. The van der Waals surface area contributed by atoms with Crippen molar-refractivity contribution in [3.63, 3.8) is 0 Å². The fourth-order valence-electron chi connectivity index (χ4n) is 5.35. The van der Waals surface area contributed by atoms with Gasteiger partial charge in [-0.1, -0.05) is 13.8 Å². The second-order valence-corrected chi connectivity index (χ2v) is 8.00. The van der Waals surface area contributed by atoms with Crippen LogP contribution in [-0.4, -0.2) is 72.1 Å². The third-order valence-corrected chi connectivity index (χ3v) is 6.59. The Labute approximate surface area is 124 Å². The Balaban J connectivity index is 1.54. The Morgan fingerprint density at radius 1 is 0.900 bits per heavy atom. The van der Waals surface area contributed by atoms with E-state index in [2.05, 4.69) is 28.5 Å². The molecule has 0 amide bonds. The molecule has 5 heterocycles. The maximum Gasteiger partial charge on any atom is 0.0256 e. The number of piperazine rings is 1. The summed E-state index contributed by atoms with van der Waals surface area (Å²) in [6.45, 7) is 13.0. The van der Waals surface area contributed by atoms with E-state index < -0.39 is 0 Å². The second kappa shape index (κ2) is 5.26. The fraction of sp³-hybridized carbons (Fsp3) is 1.00. The van der Waals surface area contributed by atoms with Crippen LogP contribution in [0.1, 0.15) is 39.5 Å². The molecular weight excluding hydrogens is 246 g/mol. The van der Waals surface area contributed by atoms with E-state index in [1.165, 1.54) is 65.0 Å². The molecular formula is C17H31N3. The molecule has 5 rings (SSSR count). The molecule has 0 aliphatic carbocycles. The van der Waals surface area contributed by atoms with E-state index in [-0.39, 0.29) is 0 Å². The van der Waals surface area contributed by atoms with Gasteiger partial charge in [-0.25, -0.2) is 0 Å². The van der Waals surface area contributed by atoms with E-state index in [0.717, 1.165) is 30.0 Å². The lowest BCUT2D eigenvalue weighted by Gasteiger charge is -2.55. The minimum Gasteiger partial charge on any atom is -0.302 e. The molecule has 0 aromatic heterocycles. The van der Waals surface area contributed by atoms with Gasteiger partial charge in [0.25, 0.3) is 0 Å². The summed E-state index contributed by atoms with van der Waals surface area (Å²) >= 11 is 0. The number of rotatable bonds is 2. The highest BCUT2D eigenvalue weighted by Gasteiger charge is 2.45. The molecule has 0 radical (unpaired) electrons. The molecule has 3 nitrogen and oxygen atoms in total. The van der Waals surface area contributed by atoms with Crippen molar-refractivity contribution >= 4 is 0 Å². The summed E-state index contributed by atoms with van der Waals surface area (Å²) < 4.78 is 0. The van der Waals surface area contributed by atoms with Gasteiger partial charge in [-0.05, 0) is 57.2 Å². The largest absolute Gasteiger partial charge is 0.302 e. The molecule has 5 saturated heterocycles.